The number of hydrogen-bond acceptors (Lipinski definition) is 3. The molecule has 7 nitrogen and oxygen atoms in total. The van der Waals surface area contributed by atoms with Crippen LogP contribution in [0.1, 0.15) is 31.7 Å². The van der Waals surface area contributed by atoms with Crippen LogP contribution in [0.25, 0.3) is 11.2 Å². The molecular formula is C13H16N4O3. The van der Waals surface area contributed by atoms with Gasteiger partial charge in [-0.2, -0.15) is 0 Å². The molecule has 3 N–H and O–H groups in total. The number of carbonyl (C=O) groups is 1. The second-order valence-electron chi connectivity index (χ2n) is 5.13. The number of pyridine rings is 1. The number of rotatable bonds is 2. The van der Waals surface area contributed by atoms with Crippen molar-refractivity contribution in [1.82, 2.24) is 19.9 Å². The number of aromatic amines is 1. The van der Waals surface area contributed by atoms with E-state index in [1.165, 1.54) is 0 Å². The highest BCUT2D eigenvalue weighted by Crippen LogP contribution is 2.29. The molecule has 0 spiro atoms. The maximum atomic E-state index is 12.1. The molecule has 1 fully saturated rings. The topological polar surface area (TPSA) is 100 Å². The second-order valence-corrected chi connectivity index (χ2v) is 5.13. The third-order valence-electron chi connectivity index (χ3n) is 3.86. The third-order valence-corrected chi connectivity index (χ3v) is 3.86. The van der Waals surface area contributed by atoms with Gasteiger partial charge in [0.2, 0.25) is 0 Å². The molecule has 0 unspecified atom stereocenters. The molecule has 20 heavy (non-hydrogen) atoms. The molecule has 2 heterocycles. The largest absolute Gasteiger partial charge is 0.465 e. The summed E-state index contributed by atoms with van der Waals surface area (Å²) >= 11 is 0. The van der Waals surface area contributed by atoms with Crippen molar-refractivity contribution in [2.75, 3.05) is 0 Å². The molecular weight excluding hydrogens is 260 g/mol. The lowest BCUT2D eigenvalue weighted by atomic mass is 9.91. The number of nitrogens with zero attached hydrogens (tertiary/aromatic N) is 2. The van der Waals surface area contributed by atoms with Crippen molar-refractivity contribution in [3.8, 4) is 0 Å². The number of carboxylic acid groups (broad SMARTS) is 1. The first-order valence-electron chi connectivity index (χ1n) is 6.70. The molecule has 7 heteroatoms. The lowest BCUT2D eigenvalue weighted by molar-refractivity contribution is 0.182. The predicted molar refractivity (Wildman–Crippen MR) is 72.8 cm³/mol. The quantitative estimate of drug-likeness (QED) is 0.773. The molecule has 0 saturated heterocycles. The molecule has 2 aromatic heterocycles. The van der Waals surface area contributed by atoms with Gasteiger partial charge >= 0.3 is 11.8 Å². The van der Waals surface area contributed by atoms with E-state index in [2.05, 4.69) is 15.3 Å². The number of imidazole rings is 1. The molecule has 0 aliphatic heterocycles. The van der Waals surface area contributed by atoms with Gasteiger partial charge in [0.1, 0.15) is 0 Å². The van der Waals surface area contributed by atoms with Crippen molar-refractivity contribution in [3.05, 3.63) is 28.8 Å². The Morgan fingerprint density at radius 1 is 1.40 bits per heavy atom. The number of amides is 1. The van der Waals surface area contributed by atoms with Gasteiger partial charge in [-0.1, -0.05) is 0 Å². The van der Waals surface area contributed by atoms with Gasteiger partial charge in [0.25, 0.3) is 0 Å². The van der Waals surface area contributed by atoms with E-state index in [-0.39, 0.29) is 17.8 Å². The molecule has 0 atom stereocenters. The minimum absolute atomic E-state index is 0.0161. The smallest absolute Gasteiger partial charge is 0.404 e. The Morgan fingerprint density at radius 2 is 2.15 bits per heavy atom. The third kappa shape index (κ3) is 2.26. The second kappa shape index (κ2) is 4.99. The van der Waals surface area contributed by atoms with Crippen molar-refractivity contribution >= 4 is 17.3 Å². The van der Waals surface area contributed by atoms with Gasteiger partial charge in [0.05, 0.1) is 5.52 Å². The first kappa shape index (κ1) is 12.7. The van der Waals surface area contributed by atoms with Crippen LogP contribution in [0.4, 0.5) is 4.79 Å². The van der Waals surface area contributed by atoms with Crippen molar-refractivity contribution in [1.29, 1.82) is 0 Å². The van der Waals surface area contributed by atoms with Crippen LogP contribution in [0.2, 0.25) is 0 Å². The fourth-order valence-electron chi connectivity index (χ4n) is 2.95. The van der Waals surface area contributed by atoms with Crippen molar-refractivity contribution in [2.45, 2.75) is 37.8 Å². The lowest BCUT2D eigenvalue weighted by Crippen LogP contribution is -2.38. The highest BCUT2D eigenvalue weighted by atomic mass is 16.4. The molecule has 1 saturated carbocycles. The van der Waals surface area contributed by atoms with Gasteiger partial charge in [-0.15, -0.1) is 0 Å². The molecule has 0 bridgehead atoms. The Balaban J connectivity index is 1.82. The number of fused-ring (bicyclic) bond motifs is 1. The SMILES string of the molecule is O=C(O)NC1CCC(n2c(=O)[nH]c3cccnc32)CC1. The van der Waals surface area contributed by atoms with Gasteiger partial charge in [0, 0.05) is 18.3 Å². The lowest BCUT2D eigenvalue weighted by Gasteiger charge is -2.28. The van der Waals surface area contributed by atoms with Crippen LogP contribution in [0, 0.1) is 0 Å². The maximum Gasteiger partial charge on any atom is 0.404 e. The summed E-state index contributed by atoms with van der Waals surface area (Å²) in [6.07, 6.45) is 3.71. The summed E-state index contributed by atoms with van der Waals surface area (Å²) in [5, 5.41) is 11.2. The van der Waals surface area contributed by atoms with Gasteiger partial charge < -0.3 is 15.4 Å². The molecule has 106 valence electrons. The van der Waals surface area contributed by atoms with E-state index < -0.39 is 6.09 Å². The summed E-state index contributed by atoms with van der Waals surface area (Å²) in [6.45, 7) is 0. The summed E-state index contributed by atoms with van der Waals surface area (Å²) in [6, 6.07) is 3.68. The van der Waals surface area contributed by atoms with Gasteiger partial charge in [-0.3, -0.25) is 4.57 Å². The molecule has 1 amide bonds. The van der Waals surface area contributed by atoms with E-state index in [9.17, 15) is 9.59 Å². The van der Waals surface area contributed by atoms with Crippen molar-refractivity contribution < 1.29 is 9.90 Å². The van der Waals surface area contributed by atoms with E-state index in [0.717, 1.165) is 31.2 Å². The minimum Gasteiger partial charge on any atom is -0.465 e. The zero-order chi connectivity index (χ0) is 14.1. The standard InChI is InChI=1S/C13H16N4O3/c18-12-16-10-2-1-7-14-11(10)17(12)9-5-3-8(4-6-9)15-13(19)20/h1-2,7-9,15H,3-6H2,(H,16,18)(H,19,20). The Bertz CT molecular complexity index is 682. The minimum atomic E-state index is -0.987. The van der Waals surface area contributed by atoms with E-state index in [1.807, 2.05) is 6.07 Å². The van der Waals surface area contributed by atoms with E-state index in [1.54, 1.807) is 16.8 Å². The highest BCUT2D eigenvalue weighted by molar-refractivity contribution is 5.70. The van der Waals surface area contributed by atoms with Crippen LogP contribution < -0.4 is 11.0 Å². The summed E-state index contributed by atoms with van der Waals surface area (Å²) in [5.74, 6) is 0. The highest BCUT2D eigenvalue weighted by Gasteiger charge is 2.25. The fraction of sp³-hybridized carbons (Fsp3) is 0.462. The van der Waals surface area contributed by atoms with E-state index in [0.29, 0.717) is 5.65 Å². The Morgan fingerprint density at radius 3 is 2.85 bits per heavy atom. The first-order chi connectivity index (χ1) is 9.65. The predicted octanol–water partition coefficient (Wildman–Crippen LogP) is 1.48. The fourth-order valence-corrected chi connectivity index (χ4v) is 2.95. The number of aromatic nitrogens is 3. The van der Waals surface area contributed by atoms with Gasteiger partial charge in [-0.25, -0.2) is 14.6 Å². The number of nitrogens with one attached hydrogen (secondary N) is 2. The summed E-state index contributed by atoms with van der Waals surface area (Å²) in [7, 11) is 0. The van der Waals surface area contributed by atoms with Crippen LogP contribution >= 0.6 is 0 Å². The van der Waals surface area contributed by atoms with Crippen LogP contribution in [0.3, 0.4) is 0 Å². The Labute approximate surface area is 114 Å². The van der Waals surface area contributed by atoms with Crippen molar-refractivity contribution in [2.24, 2.45) is 0 Å². The van der Waals surface area contributed by atoms with Crippen LogP contribution in [-0.4, -0.2) is 31.8 Å². The molecule has 3 rings (SSSR count). The first-order valence-corrected chi connectivity index (χ1v) is 6.70. The summed E-state index contributed by atoms with van der Waals surface area (Å²) in [5.41, 5.74) is 1.27. The summed E-state index contributed by atoms with van der Waals surface area (Å²) in [4.78, 5) is 29.7. The van der Waals surface area contributed by atoms with E-state index >= 15 is 0 Å². The average molecular weight is 276 g/mol. The normalized spacial score (nSPS) is 22.8. The maximum absolute atomic E-state index is 12.1. The van der Waals surface area contributed by atoms with Crippen LogP contribution in [-0.2, 0) is 0 Å². The molecule has 1 aliphatic rings. The van der Waals surface area contributed by atoms with E-state index in [4.69, 9.17) is 5.11 Å². The molecule has 2 aromatic rings. The Kier molecular flexibility index (Phi) is 3.17. The monoisotopic (exact) mass is 276 g/mol. The number of H-pyrrole nitrogens is 1. The van der Waals surface area contributed by atoms with Crippen LogP contribution in [0.5, 0.6) is 0 Å². The zero-order valence-corrected chi connectivity index (χ0v) is 10.9. The van der Waals surface area contributed by atoms with Crippen LogP contribution in [0.15, 0.2) is 23.1 Å². The average Bonchev–Trinajstić information content (AvgIpc) is 2.75. The zero-order valence-electron chi connectivity index (χ0n) is 10.9. The van der Waals surface area contributed by atoms with Gasteiger partial charge in [0.15, 0.2) is 5.65 Å². The molecule has 0 radical (unpaired) electrons. The van der Waals surface area contributed by atoms with Crippen molar-refractivity contribution in [3.63, 3.8) is 0 Å². The Hall–Kier alpha value is -2.31. The summed E-state index contributed by atoms with van der Waals surface area (Å²) < 4.78 is 1.70. The molecule has 1 aliphatic carbocycles. The number of hydrogen-bond donors (Lipinski definition) is 3. The molecule has 0 aromatic carbocycles. The van der Waals surface area contributed by atoms with Gasteiger partial charge in [-0.05, 0) is 37.8 Å².